The second kappa shape index (κ2) is 9.00. The molecule has 0 bridgehead atoms. The Kier molecular flexibility index (Phi) is 9.10. The summed E-state index contributed by atoms with van der Waals surface area (Å²) in [5, 5.41) is -0.0837. The minimum atomic E-state index is -8.81. The first-order valence-electron chi connectivity index (χ1n) is 7.13. The molecule has 0 aromatic heterocycles. The molecule has 2 N–H and O–H groups in total. The average Bonchev–Trinajstić information content (AvgIpc) is 2.58. The van der Waals surface area contributed by atoms with Crippen LogP contribution in [-0.4, -0.2) is 73.5 Å². The van der Waals surface area contributed by atoms with E-state index in [1.807, 2.05) is 0 Å². The SMILES string of the molecule is CC(=O)O.CNS(=O)(=O)C(F)(F)C(F)(F)C(F)(F)C(F)(F)C(F)(F)C(F)(F)C(F)(F)C(F)(F)F. The lowest BCUT2D eigenvalue weighted by atomic mass is 9.91. The summed E-state index contributed by atoms with van der Waals surface area (Å²) >= 11 is 0. The van der Waals surface area contributed by atoms with Crippen molar-refractivity contribution >= 4 is 16.0 Å². The van der Waals surface area contributed by atoms with Gasteiger partial charge in [0, 0.05) is 6.92 Å². The second-order valence-corrected chi connectivity index (χ2v) is 7.62. The van der Waals surface area contributed by atoms with Gasteiger partial charge in [-0.25, -0.2) is 13.1 Å². The lowest BCUT2D eigenvalue weighted by Crippen LogP contribution is -2.75. The summed E-state index contributed by atoms with van der Waals surface area (Å²) in [6.07, 6.45) is -7.85. The predicted octanol–water partition coefficient (Wildman–Crippen LogP) is 4.59. The smallest absolute Gasteiger partial charge is 0.460 e. The Bertz CT molecular complexity index is 844. The second-order valence-electron chi connectivity index (χ2n) is 5.69. The Labute approximate surface area is 175 Å². The van der Waals surface area contributed by atoms with E-state index in [9.17, 15) is 83.1 Å². The highest BCUT2D eigenvalue weighted by Gasteiger charge is 2.96. The molecule has 0 spiro atoms. The van der Waals surface area contributed by atoms with Crippen molar-refractivity contribution in [3.05, 3.63) is 0 Å². The molecule has 0 aliphatic carbocycles. The van der Waals surface area contributed by atoms with Crippen molar-refractivity contribution in [2.24, 2.45) is 0 Å². The highest BCUT2D eigenvalue weighted by atomic mass is 32.2. The number of carboxylic acid groups (broad SMARTS) is 1. The molecule has 0 aromatic rings. The van der Waals surface area contributed by atoms with Gasteiger partial charge in [-0.2, -0.15) is 74.6 Å². The number of carbonyl (C=O) groups is 1. The number of aliphatic carboxylic acids is 1. The molecule has 0 rings (SSSR count). The summed E-state index contributed by atoms with van der Waals surface area (Å²) in [5.74, 6) is -52.3. The molecule has 206 valence electrons. The number of hydrogen-bond acceptors (Lipinski definition) is 3. The molecular formula is C11H8F17NO4S. The zero-order valence-corrected chi connectivity index (χ0v) is 16.3. The maximum Gasteiger partial charge on any atom is 0.460 e. The molecule has 0 heterocycles. The van der Waals surface area contributed by atoms with Crippen LogP contribution in [0.2, 0.25) is 0 Å². The third kappa shape index (κ3) is 4.80. The van der Waals surface area contributed by atoms with E-state index in [1.54, 1.807) is 0 Å². The molecular weight excluding hydrogens is 565 g/mol. The fraction of sp³-hybridized carbons (Fsp3) is 0.909. The molecule has 0 aliphatic heterocycles. The first-order valence-corrected chi connectivity index (χ1v) is 8.62. The highest BCUT2D eigenvalue weighted by molar-refractivity contribution is 7.90. The molecule has 0 aromatic carbocycles. The molecule has 23 heteroatoms. The van der Waals surface area contributed by atoms with Crippen LogP contribution in [-0.2, 0) is 14.8 Å². The van der Waals surface area contributed by atoms with Gasteiger partial charge in [0.2, 0.25) is 0 Å². The summed E-state index contributed by atoms with van der Waals surface area (Å²) in [4.78, 5) is 9.00. The number of hydrogen-bond donors (Lipinski definition) is 2. The molecule has 0 atom stereocenters. The quantitative estimate of drug-likeness (QED) is 0.417. The Hall–Kier alpha value is -1.81. The number of carboxylic acids is 1. The van der Waals surface area contributed by atoms with Crippen molar-refractivity contribution in [1.82, 2.24) is 4.72 Å². The number of rotatable bonds is 8. The van der Waals surface area contributed by atoms with Crippen LogP contribution in [0.4, 0.5) is 74.6 Å². The molecule has 0 aliphatic rings. The van der Waals surface area contributed by atoms with E-state index in [0.29, 0.717) is 0 Å². The van der Waals surface area contributed by atoms with E-state index in [-0.39, 0.29) is 11.8 Å². The molecule has 0 saturated carbocycles. The van der Waals surface area contributed by atoms with Crippen LogP contribution in [0.25, 0.3) is 0 Å². The first-order chi connectivity index (χ1) is 14.3. The molecule has 0 radical (unpaired) electrons. The van der Waals surface area contributed by atoms with Crippen molar-refractivity contribution in [3.63, 3.8) is 0 Å². The Morgan fingerprint density at radius 1 is 0.588 bits per heavy atom. The van der Waals surface area contributed by atoms with E-state index < -0.39 is 63.0 Å². The summed E-state index contributed by atoms with van der Waals surface area (Å²) in [5.41, 5.74) is 0. The lowest BCUT2D eigenvalue weighted by molar-refractivity contribution is -0.458. The van der Waals surface area contributed by atoms with Crippen LogP contribution in [0, 0.1) is 0 Å². The molecule has 0 amide bonds. The number of nitrogens with one attached hydrogen (secondary N) is 1. The van der Waals surface area contributed by atoms with E-state index in [2.05, 4.69) is 0 Å². The maximum absolute atomic E-state index is 13.2. The third-order valence-electron chi connectivity index (χ3n) is 3.30. The van der Waals surface area contributed by atoms with Gasteiger partial charge < -0.3 is 5.11 Å². The average molecular weight is 573 g/mol. The molecule has 5 nitrogen and oxygen atoms in total. The van der Waals surface area contributed by atoms with Gasteiger partial charge in [0.25, 0.3) is 16.0 Å². The summed E-state index contributed by atoms with van der Waals surface area (Å²) in [6, 6.07) is 0. The largest absolute Gasteiger partial charge is 0.481 e. The first kappa shape index (κ1) is 34.4. The van der Waals surface area contributed by atoms with Crippen molar-refractivity contribution < 1.29 is 93.0 Å². The minimum Gasteiger partial charge on any atom is -0.481 e. The summed E-state index contributed by atoms with van der Waals surface area (Å²) < 4.78 is 240. The lowest BCUT2D eigenvalue weighted by Gasteiger charge is -2.42. The van der Waals surface area contributed by atoms with E-state index in [4.69, 9.17) is 9.90 Å². The minimum absolute atomic E-state index is 0.184. The van der Waals surface area contributed by atoms with Gasteiger partial charge >= 0.3 is 47.0 Å². The van der Waals surface area contributed by atoms with Crippen molar-refractivity contribution in [2.75, 3.05) is 7.05 Å². The van der Waals surface area contributed by atoms with Crippen LogP contribution in [0.5, 0.6) is 0 Å². The van der Waals surface area contributed by atoms with Crippen LogP contribution in [0.15, 0.2) is 0 Å². The number of alkyl halides is 17. The van der Waals surface area contributed by atoms with Gasteiger partial charge in [-0.05, 0) is 7.05 Å². The zero-order chi connectivity index (χ0) is 28.8. The topological polar surface area (TPSA) is 83.5 Å². The standard InChI is InChI=1S/C9H4F17NO2S.C2H4O2/c1-27-30(28,29)9(25,26)7(20,21)5(16,17)3(12,13)2(10,11)4(14,15)6(18,19)8(22,23)24;1-2(3)4/h27H,1H3;1H3,(H,3,4). The van der Waals surface area contributed by atoms with Crippen molar-refractivity contribution in [2.45, 2.75) is 53.9 Å². The Morgan fingerprint density at radius 2 is 0.794 bits per heavy atom. The summed E-state index contributed by atoms with van der Waals surface area (Å²) in [6.45, 7) is 1.08. The van der Waals surface area contributed by atoms with Gasteiger partial charge in [-0.1, -0.05) is 0 Å². The number of halogens is 17. The van der Waals surface area contributed by atoms with E-state index >= 15 is 0 Å². The fourth-order valence-corrected chi connectivity index (χ4v) is 2.17. The summed E-state index contributed by atoms with van der Waals surface area (Å²) in [7, 11) is -7.36. The normalized spacial score (nSPS) is 15.5. The van der Waals surface area contributed by atoms with Crippen LogP contribution in [0.1, 0.15) is 6.92 Å². The zero-order valence-electron chi connectivity index (χ0n) is 15.5. The maximum atomic E-state index is 13.2. The molecule has 0 saturated heterocycles. The van der Waals surface area contributed by atoms with Crippen LogP contribution >= 0.6 is 0 Å². The fourth-order valence-electron chi connectivity index (χ4n) is 1.45. The van der Waals surface area contributed by atoms with Gasteiger partial charge in [0.05, 0.1) is 0 Å². The monoisotopic (exact) mass is 573 g/mol. The van der Waals surface area contributed by atoms with Gasteiger partial charge in [0.1, 0.15) is 0 Å². The van der Waals surface area contributed by atoms with Gasteiger partial charge in [0.15, 0.2) is 0 Å². The van der Waals surface area contributed by atoms with Crippen LogP contribution < -0.4 is 4.72 Å². The molecule has 34 heavy (non-hydrogen) atoms. The highest BCUT2D eigenvalue weighted by Crippen LogP contribution is 2.64. The van der Waals surface area contributed by atoms with Crippen molar-refractivity contribution in [1.29, 1.82) is 0 Å². The van der Waals surface area contributed by atoms with Gasteiger partial charge in [-0.15, -0.1) is 0 Å². The predicted molar refractivity (Wildman–Crippen MR) is 72.0 cm³/mol. The Morgan fingerprint density at radius 3 is 1.00 bits per heavy atom. The molecule has 0 fully saturated rings. The van der Waals surface area contributed by atoms with Crippen molar-refractivity contribution in [3.8, 4) is 0 Å². The third-order valence-corrected chi connectivity index (χ3v) is 4.77. The number of sulfonamides is 1. The van der Waals surface area contributed by atoms with Gasteiger partial charge in [-0.3, -0.25) is 4.79 Å². The molecule has 0 unspecified atom stereocenters. The Balaban J connectivity index is 0. The van der Waals surface area contributed by atoms with E-state index in [1.165, 1.54) is 0 Å². The van der Waals surface area contributed by atoms with E-state index in [0.717, 1.165) is 6.92 Å². The van der Waals surface area contributed by atoms with Crippen LogP contribution in [0.3, 0.4) is 0 Å².